The maximum Gasteiger partial charge on any atom is 0.255 e. The molecule has 7 heteroatoms. The number of carbonyl (C=O) groups is 1. The Hall–Kier alpha value is -1.92. The predicted octanol–water partition coefficient (Wildman–Crippen LogP) is 3.37. The summed E-state index contributed by atoms with van der Waals surface area (Å²) in [5.74, 6) is 1.01. The number of aryl methyl sites for hydroxylation is 1. The second kappa shape index (κ2) is 6.91. The number of amides is 1. The number of benzene rings is 1. The largest absolute Gasteiger partial charge is 0.422 e. The molecule has 128 valence electrons. The van der Waals surface area contributed by atoms with Crippen LogP contribution in [0.3, 0.4) is 0 Å². The van der Waals surface area contributed by atoms with Crippen molar-refractivity contribution in [3.63, 3.8) is 0 Å². The molecule has 1 aliphatic heterocycles. The van der Waals surface area contributed by atoms with Gasteiger partial charge in [-0.25, -0.2) is 0 Å². The molecule has 1 atom stereocenters. The first-order chi connectivity index (χ1) is 11.5. The summed E-state index contributed by atoms with van der Waals surface area (Å²) in [6.45, 7) is 7.18. The quantitative estimate of drug-likeness (QED) is 0.849. The summed E-state index contributed by atoms with van der Waals surface area (Å²) in [4.78, 5) is 14.5. The molecule has 2 aromatic rings. The highest BCUT2D eigenvalue weighted by Gasteiger charge is 2.30. The number of rotatable bonds is 3. The minimum absolute atomic E-state index is 0.114. The Bertz CT molecular complexity index is 744. The molecule has 24 heavy (non-hydrogen) atoms. The molecule has 0 bridgehead atoms. The standard InChI is InChI=1S/C17H20ClN3O3/c1-10(2)15-19-20-16(24-15)14-9-21(6-7-23-14)17(22)12-5-4-11(3)8-13(12)18/h4-5,8,10,14H,6-7,9H2,1-3H3. The minimum Gasteiger partial charge on any atom is -0.422 e. The molecule has 0 N–H and O–H groups in total. The molecule has 1 aliphatic rings. The summed E-state index contributed by atoms with van der Waals surface area (Å²) in [6, 6.07) is 5.43. The highest BCUT2D eigenvalue weighted by molar-refractivity contribution is 6.33. The summed E-state index contributed by atoms with van der Waals surface area (Å²) in [7, 11) is 0. The third-order valence-corrected chi connectivity index (χ3v) is 4.25. The molecule has 1 aromatic heterocycles. The van der Waals surface area contributed by atoms with Gasteiger partial charge < -0.3 is 14.1 Å². The van der Waals surface area contributed by atoms with Gasteiger partial charge in [0.15, 0.2) is 6.10 Å². The lowest BCUT2D eigenvalue weighted by atomic mass is 10.1. The van der Waals surface area contributed by atoms with Crippen molar-refractivity contribution < 1.29 is 13.9 Å². The predicted molar refractivity (Wildman–Crippen MR) is 89.2 cm³/mol. The van der Waals surface area contributed by atoms with E-state index in [0.29, 0.717) is 42.1 Å². The van der Waals surface area contributed by atoms with Gasteiger partial charge in [-0.15, -0.1) is 10.2 Å². The molecule has 0 radical (unpaired) electrons. The van der Waals surface area contributed by atoms with E-state index < -0.39 is 6.10 Å². The number of carbonyl (C=O) groups excluding carboxylic acids is 1. The molecule has 0 saturated carbocycles. The van der Waals surface area contributed by atoms with Gasteiger partial charge in [0.1, 0.15) is 0 Å². The molecule has 3 rings (SSSR count). The van der Waals surface area contributed by atoms with Crippen molar-refractivity contribution in [2.75, 3.05) is 19.7 Å². The van der Waals surface area contributed by atoms with Gasteiger partial charge in [0, 0.05) is 12.5 Å². The number of aromatic nitrogens is 2. The molecule has 1 amide bonds. The fourth-order valence-corrected chi connectivity index (χ4v) is 2.87. The first-order valence-electron chi connectivity index (χ1n) is 7.96. The van der Waals surface area contributed by atoms with Crippen LogP contribution in [0.15, 0.2) is 22.6 Å². The SMILES string of the molecule is Cc1ccc(C(=O)N2CCOC(c3nnc(C(C)C)o3)C2)c(Cl)c1. The Morgan fingerprint density at radius 3 is 2.83 bits per heavy atom. The van der Waals surface area contributed by atoms with Crippen LogP contribution in [0.1, 0.15) is 53.6 Å². The van der Waals surface area contributed by atoms with Gasteiger partial charge in [-0.1, -0.05) is 31.5 Å². The number of morpholine rings is 1. The summed E-state index contributed by atoms with van der Waals surface area (Å²) >= 11 is 6.22. The summed E-state index contributed by atoms with van der Waals surface area (Å²) < 4.78 is 11.3. The lowest BCUT2D eigenvalue weighted by Gasteiger charge is -2.31. The number of hydrogen-bond acceptors (Lipinski definition) is 5. The van der Waals surface area contributed by atoms with Crippen LogP contribution >= 0.6 is 11.6 Å². The van der Waals surface area contributed by atoms with Gasteiger partial charge in [0.25, 0.3) is 5.91 Å². The van der Waals surface area contributed by atoms with Gasteiger partial charge in [0.2, 0.25) is 11.8 Å². The number of hydrogen-bond donors (Lipinski definition) is 0. The van der Waals surface area contributed by atoms with E-state index in [9.17, 15) is 4.79 Å². The average molecular weight is 350 g/mol. The van der Waals surface area contributed by atoms with Gasteiger partial charge in [0.05, 0.1) is 23.7 Å². The van der Waals surface area contributed by atoms with Crippen LogP contribution in [-0.2, 0) is 4.74 Å². The molecule has 1 aromatic carbocycles. The van der Waals surface area contributed by atoms with Crippen LogP contribution in [0.25, 0.3) is 0 Å². The fourth-order valence-electron chi connectivity index (χ4n) is 2.56. The van der Waals surface area contributed by atoms with Crippen molar-refractivity contribution in [3.8, 4) is 0 Å². The molecule has 0 aliphatic carbocycles. The number of ether oxygens (including phenoxy) is 1. The number of nitrogens with zero attached hydrogens (tertiary/aromatic N) is 3. The first kappa shape index (κ1) is 16.9. The maximum absolute atomic E-state index is 12.7. The highest BCUT2D eigenvalue weighted by atomic mass is 35.5. The molecule has 6 nitrogen and oxygen atoms in total. The van der Waals surface area contributed by atoms with E-state index in [-0.39, 0.29) is 11.8 Å². The van der Waals surface area contributed by atoms with Crippen molar-refractivity contribution in [2.45, 2.75) is 32.8 Å². The average Bonchev–Trinajstić information content (AvgIpc) is 3.05. The Balaban J connectivity index is 1.76. The Morgan fingerprint density at radius 1 is 1.38 bits per heavy atom. The van der Waals surface area contributed by atoms with Crippen molar-refractivity contribution in [2.24, 2.45) is 0 Å². The van der Waals surface area contributed by atoms with E-state index in [2.05, 4.69) is 10.2 Å². The molecular formula is C17H20ClN3O3. The molecule has 1 fully saturated rings. The normalized spacial score (nSPS) is 18.2. The minimum atomic E-state index is -0.410. The van der Waals surface area contributed by atoms with E-state index in [1.54, 1.807) is 17.0 Å². The maximum atomic E-state index is 12.7. The zero-order valence-electron chi connectivity index (χ0n) is 14.0. The summed E-state index contributed by atoms with van der Waals surface area (Å²) in [5, 5.41) is 8.53. The van der Waals surface area contributed by atoms with Crippen molar-refractivity contribution in [1.82, 2.24) is 15.1 Å². The summed E-state index contributed by atoms with van der Waals surface area (Å²) in [5.41, 5.74) is 1.51. The molecular weight excluding hydrogens is 330 g/mol. The van der Waals surface area contributed by atoms with Crippen LogP contribution in [0.5, 0.6) is 0 Å². The molecule has 1 saturated heterocycles. The second-order valence-electron chi connectivity index (χ2n) is 6.23. The van der Waals surface area contributed by atoms with Gasteiger partial charge in [-0.2, -0.15) is 0 Å². The summed E-state index contributed by atoms with van der Waals surface area (Å²) in [6.07, 6.45) is -0.410. The van der Waals surface area contributed by atoms with E-state index >= 15 is 0 Å². The fraction of sp³-hybridized carbons (Fsp3) is 0.471. The molecule has 1 unspecified atom stereocenters. The van der Waals surface area contributed by atoms with E-state index in [0.717, 1.165) is 5.56 Å². The lowest BCUT2D eigenvalue weighted by Crippen LogP contribution is -2.42. The zero-order valence-corrected chi connectivity index (χ0v) is 14.7. The Morgan fingerprint density at radius 2 is 2.17 bits per heavy atom. The van der Waals surface area contributed by atoms with Gasteiger partial charge in [-0.05, 0) is 24.6 Å². The molecule has 0 spiro atoms. The topological polar surface area (TPSA) is 68.5 Å². The van der Waals surface area contributed by atoms with E-state index in [1.165, 1.54) is 0 Å². The van der Waals surface area contributed by atoms with Crippen molar-refractivity contribution in [3.05, 3.63) is 46.1 Å². The van der Waals surface area contributed by atoms with E-state index in [4.69, 9.17) is 20.8 Å². The van der Waals surface area contributed by atoms with Crippen LogP contribution in [0.2, 0.25) is 5.02 Å². The Labute approximate surface area is 145 Å². The lowest BCUT2D eigenvalue weighted by molar-refractivity contribution is -0.0351. The van der Waals surface area contributed by atoms with Crippen LogP contribution in [-0.4, -0.2) is 40.7 Å². The van der Waals surface area contributed by atoms with Crippen molar-refractivity contribution in [1.29, 1.82) is 0 Å². The molecule has 2 heterocycles. The van der Waals surface area contributed by atoms with Crippen LogP contribution < -0.4 is 0 Å². The van der Waals surface area contributed by atoms with Gasteiger partial charge >= 0.3 is 0 Å². The third-order valence-electron chi connectivity index (χ3n) is 3.93. The monoisotopic (exact) mass is 349 g/mol. The number of halogens is 1. The van der Waals surface area contributed by atoms with Crippen LogP contribution in [0, 0.1) is 6.92 Å². The van der Waals surface area contributed by atoms with Gasteiger partial charge in [-0.3, -0.25) is 4.79 Å². The van der Waals surface area contributed by atoms with Crippen LogP contribution in [0.4, 0.5) is 0 Å². The van der Waals surface area contributed by atoms with Crippen molar-refractivity contribution >= 4 is 17.5 Å². The highest BCUT2D eigenvalue weighted by Crippen LogP contribution is 2.26. The second-order valence-corrected chi connectivity index (χ2v) is 6.63. The zero-order chi connectivity index (χ0) is 17.3. The Kier molecular flexibility index (Phi) is 4.87. The first-order valence-corrected chi connectivity index (χ1v) is 8.34. The third kappa shape index (κ3) is 3.44. The van der Waals surface area contributed by atoms with E-state index in [1.807, 2.05) is 26.8 Å². The smallest absolute Gasteiger partial charge is 0.255 e.